The molecule has 6 nitrogen and oxygen atoms in total. The first-order chi connectivity index (χ1) is 10.9. The molecular formula is C16H19FN2O4. The summed E-state index contributed by atoms with van der Waals surface area (Å²) in [5, 5.41) is 22.3. The number of nitrogens with one attached hydrogen (secondary N) is 1. The number of aromatic hydroxyl groups is 1. The minimum atomic E-state index is -1.01. The van der Waals surface area contributed by atoms with Crippen LogP contribution >= 0.6 is 0 Å². The maximum atomic E-state index is 13.9. The number of rotatable bonds is 1. The molecule has 1 spiro atoms. The first kappa shape index (κ1) is 15.7. The van der Waals surface area contributed by atoms with E-state index in [0.717, 1.165) is 12.5 Å². The second-order valence-corrected chi connectivity index (χ2v) is 6.21. The predicted molar refractivity (Wildman–Crippen MR) is 79.3 cm³/mol. The van der Waals surface area contributed by atoms with Gasteiger partial charge in [0.05, 0.1) is 17.1 Å². The molecule has 0 saturated carbocycles. The molecule has 2 atom stereocenters. The van der Waals surface area contributed by atoms with Crippen molar-refractivity contribution in [2.24, 2.45) is 5.41 Å². The van der Waals surface area contributed by atoms with E-state index in [9.17, 15) is 24.2 Å². The first-order valence-electron chi connectivity index (χ1n) is 7.68. The van der Waals surface area contributed by atoms with Gasteiger partial charge in [-0.2, -0.15) is 0 Å². The van der Waals surface area contributed by atoms with E-state index in [1.54, 1.807) is 0 Å². The number of carbonyl (C=O) groups excluding carboxylic acids is 2. The number of likely N-dealkylation sites (tertiary alicyclic amines) is 1. The summed E-state index contributed by atoms with van der Waals surface area (Å²) in [6.07, 6.45) is 0.704. The molecule has 0 radical (unpaired) electrons. The average molecular weight is 322 g/mol. The molecule has 3 N–H and O–H groups in total. The van der Waals surface area contributed by atoms with Crippen molar-refractivity contribution < 1.29 is 24.2 Å². The van der Waals surface area contributed by atoms with E-state index in [1.807, 2.05) is 0 Å². The second-order valence-electron chi connectivity index (χ2n) is 6.21. The minimum Gasteiger partial charge on any atom is -0.508 e. The van der Waals surface area contributed by atoms with Crippen LogP contribution in [-0.2, 0) is 4.79 Å². The van der Waals surface area contributed by atoms with Gasteiger partial charge in [0.1, 0.15) is 11.6 Å². The van der Waals surface area contributed by atoms with Crippen LogP contribution < -0.4 is 5.32 Å². The third kappa shape index (κ3) is 2.65. The highest BCUT2D eigenvalue weighted by molar-refractivity contribution is 5.95. The maximum Gasteiger partial charge on any atom is 0.256 e. The monoisotopic (exact) mass is 322 g/mol. The Hall–Kier alpha value is -2.15. The standard InChI is InChI=1S/C16H19FN2O4/c17-12-8-10(20)2-3-11(12)14(22)19-7-4-13(21)16(9-19)5-1-6-18-15(16)23/h2-3,8,13,20-21H,1,4-7,9H2,(H,18,23)/t13-,16+/m0/s1. The zero-order chi connectivity index (χ0) is 16.6. The van der Waals surface area contributed by atoms with Crippen molar-refractivity contribution in [3.8, 4) is 5.75 Å². The van der Waals surface area contributed by atoms with Crippen molar-refractivity contribution in [2.45, 2.75) is 25.4 Å². The van der Waals surface area contributed by atoms with E-state index >= 15 is 0 Å². The van der Waals surface area contributed by atoms with Crippen LogP contribution in [0.4, 0.5) is 4.39 Å². The smallest absolute Gasteiger partial charge is 0.256 e. The molecule has 0 aliphatic carbocycles. The van der Waals surface area contributed by atoms with E-state index in [0.29, 0.717) is 13.0 Å². The highest BCUT2D eigenvalue weighted by atomic mass is 19.1. The highest BCUT2D eigenvalue weighted by Gasteiger charge is 2.50. The molecule has 2 aliphatic heterocycles. The largest absolute Gasteiger partial charge is 0.508 e. The van der Waals surface area contributed by atoms with E-state index in [1.165, 1.54) is 17.0 Å². The zero-order valence-electron chi connectivity index (χ0n) is 12.6. The van der Waals surface area contributed by atoms with Crippen molar-refractivity contribution >= 4 is 11.8 Å². The average Bonchev–Trinajstić information content (AvgIpc) is 2.52. The Bertz CT molecular complexity index is 651. The van der Waals surface area contributed by atoms with Gasteiger partial charge in [0.15, 0.2) is 0 Å². The number of amides is 2. The first-order valence-corrected chi connectivity index (χ1v) is 7.68. The molecule has 2 saturated heterocycles. The molecule has 2 aliphatic rings. The molecule has 23 heavy (non-hydrogen) atoms. The number of halogens is 1. The van der Waals surface area contributed by atoms with Gasteiger partial charge in [0, 0.05) is 25.7 Å². The fourth-order valence-electron chi connectivity index (χ4n) is 3.46. The van der Waals surface area contributed by atoms with Gasteiger partial charge in [0.25, 0.3) is 5.91 Å². The number of aliphatic hydroxyl groups excluding tert-OH is 1. The summed E-state index contributed by atoms with van der Waals surface area (Å²) >= 11 is 0. The predicted octanol–water partition coefficient (Wildman–Crippen LogP) is 0.634. The van der Waals surface area contributed by atoms with Crippen molar-refractivity contribution in [1.29, 1.82) is 0 Å². The molecular weight excluding hydrogens is 303 g/mol. The van der Waals surface area contributed by atoms with Gasteiger partial charge in [-0.3, -0.25) is 9.59 Å². The number of phenolic OH excluding ortho intramolecular Hbond substituents is 1. The van der Waals surface area contributed by atoms with E-state index < -0.39 is 23.2 Å². The van der Waals surface area contributed by atoms with Gasteiger partial charge in [-0.15, -0.1) is 0 Å². The molecule has 7 heteroatoms. The van der Waals surface area contributed by atoms with Crippen molar-refractivity contribution in [3.05, 3.63) is 29.6 Å². The van der Waals surface area contributed by atoms with Gasteiger partial charge >= 0.3 is 0 Å². The van der Waals surface area contributed by atoms with Crippen LogP contribution in [0.1, 0.15) is 29.6 Å². The van der Waals surface area contributed by atoms with Crippen LogP contribution in [0.15, 0.2) is 18.2 Å². The normalized spacial score (nSPS) is 27.8. The molecule has 0 unspecified atom stereocenters. The summed E-state index contributed by atoms with van der Waals surface area (Å²) in [4.78, 5) is 26.3. The van der Waals surface area contributed by atoms with Crippen LogP contribution in [0.2, 0.25) is 0 Å². The van der Waals surface area contributed by atoms with Gasteiger partial charge in [0.2, 0.25) is 5.91 Å². The molecule has 124 valence electrons. The molecule has 1 aromatic rings. The van der Waals surface area contributed by atoms with Crippen LogP contribution in [-0.4, -0.2) is 52.7 Å². The van der Waals surface area contributed by atoms with Crippen LogP contribution in [0.5, 0.6) is 5.75 Å². The Morgan fingerprint density at radius 3 is 2.91 bits per heavy atom. The van der Waals surface area contributed by atoms with Gasteiger partial charge in [-0.25, -0.2) is 4.39 Å². The number of phenols is 1. The highest BCUT2D eigenvalue weighted by Crippen LogP contribution is 2.37. The number of carbonyl (C=O) groups is 2. The third-order valence-corrected chi connectivity index (χ3v) is 4.79. The quantitative estimate of drug-likeness (QED) is 0.707. The van der Waals surface area contributed by atoms with E-state index in [2.05, 4.69) is 5.32 Å². The summed E-state index contributed by atoms with van der Waals surface area (Å²) in [6.45, 7) is 0.891. The zero-order valence-corrected chi connectivity index (χ0v) is 12.6. The summed E-state index contributed by atoms with van der Waals surface area (Å²) in [7, 11) is 0. The fraction of sp³-hybridized carbons (Fsp3) is 0.500. The number of benzene rings is 1. The second kappa shape index (κ2) is 5.81. The van der Waals surface area contributed by atoms with Gasteiger partial charge in [-0.05, 0) is 31.4 Å². The van der Waals surface area contributed by atoms with Crippen LogP contribution in [0.25, 0.3) is 0 Å². The summed E-state index contributed by atoms with van der Waals surface area (Å²) in [5.41, 5.74) is -1.16. The summed E-state index contributed by atoms with van der Waals surface area (Å²) in [6, 6.07) is 3.36. The van der Waals surface area contributed by atoms with Crippen molar-refractivity contribution in [3.63, 3.8) is 0 Å². The molecule has 0 bridgehead atoms. The lowest BCUT2D eigenvalue weighted by Gasteiger charge is -2.46. The Morgan fingerprint density at radius 1 is 1.43 bits per heavy atom. The number of piperidine rings is 2. The Labute approximate surface area is 132 Å². The molecule has 2 heterocycles. The van der Waals surface area contributed by atoms with E-state index in [-0.39, 0.29) is 36.7 Å². The number of hydrogen-bond donors (Lipinski definition) is 3. The molecule has 2 amide bonds. The fourth-order valence-corrected chi connectivity index (χ4v) is 3.46. The Morgan fingerprint density at radius 2 is 2.22 bits per heavy atom. The van der Waals surface area contributed by atoms with Gasteiger partial charge < -0.3 is 20.4 Å². The van der Waals surface area contributed by atoms with E-state index in [4.69, 9.17) is 0 Å². The number of nitrogens with zero attached hydrogens (tertiary/aromatic N) is 1. The molecule has 0 aromatic heterocycles. The van der Waals surface area contributed by atoms with Crippen molar-refractivity contribution in [2.75, 3.05) is 19.6 Å². The van der Waals surface area contributed by atoms with Crippen molar-refractivity contribution in [1.82, 2.24) is 10.2 Å². The van der Waals surface area contributed by atoms with Gasteiger partial charge in [-0.1, -0.05) is 0 Å². The SMILES string of the molecule is O=C(c1ccc(O)cc1F)N1CC[C@H](O)[C@@]2(CCCNC2=O)C1. The lowest BCUT2D eigenvalue weighted by molar-refractivity contribution is -0.147. The van der Waals surface area contributed by atoms with Crippen LogP contribution in [0.3, 0.4) is 0 Å². The maximum absolute atomic E-state index is 13.9. The summed E-state index contributed by atoms with van der Waals surface area (Å²) in [5.74, 6) is -1.84. The topological polar surface area (TPSA) is 89.9 Å². The Kier molecular flexibility index (Phi) is 3.97. The number of aliphatic hydroxyl groups is 1. The summed E-state index contributed by atoms with van der Waals surface area (Å²) < 4.78 is 13.9. The minimum absolute atomic E-state index is 0.0686. The Balaban J connectivity index is 1.86. The molecule has 1 aromatic carbocycles. The molecule has 2 fully saturated rings. The number of hydrogen-bond acceptors (Lipinski definition) is 4. The lowest BCUT2D eigenvalue weighted by Crippen LogP contribution is -2.62. The lowest BCUT2D eigenvalue weighted by atomic mass is 9.71. The van der Waals surface area contributed by atoms with Crippen LogP contribution in [0, 0.1) is 11.2 Å². The third-order valence-electron chi connectivity index (χ3n) is 4.79. The molecule has 3 rings (SSSR count).